The molecule has 2 saturated heterocycles. The average molecular weight is 281 g/mol. The average Bonchev–Trinajstić information content (AvgIpc) is 3.02. The third-order valence-corrected chi connectivity index (χ3v) is 5.12. The maximum Gasteiger partial charge on any atom is 0.326 e. The summed E-state index contributed by atoms with van der Waals surface area (Å²) in [6, 6.07) is -0.656. The molecule has 3 aliphatic rings. The first-order valence-corrected chi connectivity index (χ1v) is 7.54. The molecule has 3 rings (SSSR count). The lowest BCUT2D eigenvalue weighted by molar-refractivity contribution is -0.142. The fourth-order valence-electron chi connectivity index (χ4n) is 4.14. The van der Waals surface area contributed by atoms with E-state index >= 15 is 0 Å². The highest BCUT2D eigenvalue weighted by Crippen LogP contribution is 2.42. The van der Waals surface area contributed by atoms with Gasteiger partial charge < -0.3 is 20.2 Å². The number of nitrogens with one attached hydrogen (secondary N) is 1. The number of carbonyl (C=O) groups is 2. The molecule has 4 unspecified atom stereocenters. The van der Waals surface area contributed by atoms with Gasteiger partial charge in [0.25, 0.3) is 0 Å². The smallest absolute Gasteiger partial charge is 0.326 e. The van der Waals surface area contributed by atoms with Crippen LogP contribution in [-0.2, 0) is 4.79 Å². The van der Waals surface area contributed by atoms with Crippen molar-refractivity contribution in [3.63, 3.8) is 0 Å². The van der Waals surface area contributed by atoms with Crippen molar-refractivity contribution < 1.29 is 14.7 Å². The molecule has 2 amide bonds. The highest BCUT2D eigenvalue weighted by atomic mass is 16.4. The molecule has 2 aliphatic heterocycles. The number of likely N-dealkylation sites (tertiary alicyclic amines) is 2. The van der Waals surface area contributed by atoms with Gasteiger partial charge in [-0.25, -0.2) is 9.59 Å². The standard InChI is InChI=1S/C14H23N3O3/c1-16-6-5-10(8-16)15-14(20)17-7-9-3-2-4-11(9)12(17)13(18)19/h9-12H,2-8H2,1H3,(H,15,20)(H,18,19). The molecule has 2 heterocycles. The zero-order chi connectivity index (χ0) is 14.3. The van der Waals surface area contributed by atoms with Crippen molar-refractivity contribution in [3.8, 4) is 0 Å². The summed E-state index contributed by atoms with van der Waals surface area (Å²) in [6.07, 6.45) is 4.05. The summed E-state index contributed by atoms with van der Waals surface area (Å²) in [4.78, 5) is 27.6. The second-order valence-electron chi connectivity index (χ2n) is 6.49. The van der Waals surface area contributed by atoms with Crippen molar-refractivity contribution in [2.45, 2.75) is 37.8 Å². The number of urea groups is 1. The van der Waals surface area contributed by atoms with Gasteiger partial charge in [0.1, 0.15) is 6.04 Å². The number of nitrogens with zero attached hydrogens (tertiary/aromatic N) is 2. The predicted octanol–water partition coefficient (Wildman–Crippen LogP) is 0.585. The normalized spacial score (nSPS) is 37.1. The van der Waals surface area contributed by atoms with Gasteiger partial charge in [0.15, 0.2) is 0 Å². The van der Waals surface area contributed by atoms with E-state index < -0.39 is 12.0 Å². The highest BCUT2D eigenvalue weighted by molar-refractivity contribution is 5.84. The summed E-state index contributed by atoms with van der Waals surface area (Å²) in [7, 11) is 2.03. The third kappa shape index (κ3) is 2.37. The Morgan fingerprint density at radius 1 is 1.20 bits per heavy atom. The number of carbonyl (C=O) groups excluding carboxylic acids is 1. The predicted molar refractivity (Wildman–Crippen MR) is 73.4 cm³/mol. The van der Waals surface area contributed by atoms with Gasteiger partial charge in [-0.15, -0.1) is 0 Å². The summed E-state index contributed by atoms with van der Waals surface area (Å²) < 4.78 is 0. The van der Waals surface area contributed by atoms with Crippen LogP contribution in [0.2, 0.25) is 0 Å². The van der Waals surface area contributed by atoms with E-state index in [9.17, 15) is 14.7 Å². The summed E-state index contributed by atoms with van der Waals surface area (Å²) in [6.45, 7) is 2.44. The number of carboxylic acids is 1. The van der Waals surface area contributed by atoms with Gasteiger partial charge in [-0.2, -0.15) is 0 Å². The largest absolute Gasteiger partial charge is 0.480 e. The molecule has 20 heavy (non-hydrogen) atoms. The number of carboxylic acid groups (broad SMARTS) is 1. The van der Waals surface area contributed by atoms with Crippen LogP contribution in [0.25, 0.3) is 0 Å². The van der Waals surface area contributed by atoms with Crippen LogP contribution in [0.15, 0.2) is 0 Å². The van der Waals surface area contributed by atoms with Gasteiger partial charge in [0, 0.05) is 19.1 Å². The summed E-state index contributed by atoms with van der Waals surface area (Å²) in [5, 5.41) is 12.5. The minimum Gasteiger partial charge on any atom is -0.480 e. The molecule has 2 N–H and O–H groups in total. The zero-order valence-corrected chi connectivity index (χ0v) is 11.9. The first kappa shape index (κ1) is 13.7. The van der Waals surface area contributed by atoms with Gasteiger partial charge in [-0.3, -0.25) is 0 Å². The quantitative estimate of drug-likeness (QED) is 0.777. The van der Waals surface area contributed by atoms with E-state index in [0.717, 1.165) is 38.8 Å². The Balaban J connectivity index is 1.66. The molecule has 1 aliphatic carbocycles. The van der Waals surface area contributed by atoms with E-state index in [-0.39, 0.29) is 18.0 Å². The Kier molecular flexibility index (Phi) is 3.58. The van der Waals surface area contributed by atoms with E-state index in [1.54, 1.807) is 4.90 Å². The lowest BCUT2D eigenvalue weighted by Crippen LogP contribution is -2.51. The Bertz CT molecular complexity index is 414. The number of hydrogen-bond acceptors (Lipinski definition) is 3. The molecular formula is C14H23N3O3. The Morgan fingerprint density at radius 3 is 2.65 bits per heavy atom. The van der Waals surface area contributed by atoms with Crippen molar-refractivity contribution >= 4 is 12.0 Å². The topological polar surface area (TPSA) is 72.9 Å². The van der Waals surface area contributed by atoms with E-state index in [2.05, 4.69) is 10.2 Å². The van der Waals surface area contributed by atoms with Gasteiger partial charge in [-0.1, -0.05) is 6.42 Å². The molecule has 4 atom stereocenters. The maximum absolute atomic E-state index is 12.4. The third-order valence-electron chi connectivity index (χ3n) is 5.12. The molecule has 0 bridgehead atoms. The van der Waals surface area contributed by atoms with Gasteiger partial charge in [0.2, 0.25) is 0 Å². The number of rotatable bonds is 2. The molecule has 3 fully saturated rings. The maximum atomic E-state index is 12.4. The molecule has 0 radical (unpaired) electrons. The van der Waals surface area contributed by atoms with Crippen LogP contribution in [0.5, 0.6) is 0 Å². The van der Waals surface area contributed by atoms with Crippen LogP contribution in [0, 0.1) is 11.8 Å². The van der Waals surface area contributed by atoms with Crippen LogP contribution in [-0.4, -0.2) is 65.7 Å². The second-order valence-corrected chi connectivity index (χ2v) is 6.49. The van der Waals surface area contributed by atoms with Crippen molar-refractivity contribution in [1.82, 2.24) is 15.1 Å². The molecule has 6 heteroatoms. The minimum atomic E-state index is -0.849. The minimum absolute atomic E-state index is 0.155. The van der Waals surface area contributed by atoms with Crippen molar-refractivity contribution in [3.05, 3.63) is 0 Å². The zero-order valence-electron chi connectivity index (χ0n) is 11.9. The summed E-state index contributed by atoms with van der Waals surface area (Å²) in [5.74, 6) is -0.310. The lowest BCUT2D eigenvalue weighted by atomic mass is 9.94. The van der Waals surface area contributed by atoms with Crippen LogP contribution in [0.4, 0.5) is 4.79 Å². The molecule has 1 saturated carbocycles. The molecule has 112 valence electrons. The SMILES string of the molecule is CN1CCC(NC(=O)N2CC3CCCC3C2C(=O)O)C1. The van der Waals surface area contributed by atoms with E-state index in [0.29, 0.717) is 12.5 Å². The van der Waals surface area contributed by atoms with Crippen molar-refractivity contribution in [2.75, 3.05) is 26.7 Å². The van der Waals surface area contributed by atoms with Crippen LogP contribution in [0.3, 0.4) is 0 Å². The number of amides is 2. The molecule has 0 aromatic heterocycles. The van der Waals surface area contributed by atoms with Gasteiger partial charge in [0.05, 0.1) is 0 Å². The van der Waals surface area contributed by atoms with E-state index in [4.69, 9.17) is 0 Å². The Labute approximate surface area is 119 Å². The monoisotopic (exact) mass is 281 g/mol. The number of aliphatic carboxylic acids is 1. The summed E-state index contributed by atoms with van der Waals surface area (Å²) >= 11 is 0. The van der Waals surface area contributed by atoms with Gasteiger partial charge >= 0.3 is 12.0 Å². The lowest BCUT2D eigenvalue weighted by Gasteiger charge is -2.26. The first-order valence-electron chi connectivity index (χ1n) is 7.54. The van der Waals surface area contributed by atoms with E-state index in [1.165, 1.54) is 0 Å². The van der Waals surface area contributed by atoms with Crippen molar-refractivity contribution in [1.29, 1.82) is 0 Å². The number of hydrogen-bond donors (Lipinski definition) is 2. The van der Waals surface area contributed by atoms with Gasteiger partial charge in [-0.05, 0) is 44.7 Å². The molecule has 6 nitrogen and oxygen atoms in total. The Morgan fingerprint density at radius 2 is 2.00 bits per heavy atom. The number of fused-ring (bicyclic) bond motifs is 1. The Hall–Kier alpha value is -1.30. The summed E-state index contributed by atoms with van der Waals surface area (Å²) in [5.41, 5.74) is 0. The molecular weight excluding hydrogens is 258 g/mol. The van der Waals surface area contributed by atoms with Crippen LogP contribution >= 0.6 is 0 Å². The first-order chi connectivity index (χ1) is 9.56. The van der Waals surface area contributed by atoms with Crippen molar-refractivity contribution in [2.24, 2.45) is 11.8 Å². The molecule has 0 aromatic carbocycles. The number of likely N-dealkylation sites (N-methyl/N-ethyl adjacent to an activating group) is 1. The fraction of sp³-hybridized carbons (Fsp3) is 0.857. The van der Waals surface area contributed by atoms with Crippen LogP contribution < -0.4 is 5.32 Å². The highest BCUT2D eigenvalue weighted by Gasteiger charge is 2.49. The second kappa shape index (κ2) is 5.24. The van der Waals surface area contributed by atoms with E-state index in [1.807, 2.05) is 7.05 Å². The van der Waals surface area contributed by atoms with Crippen LogP contribution in [0.1, 0.15) is 25.7 Å². The molecule has 0 spiro atoms. The fourth-order valence-corrected chi connectivity index (χ4v) is 4.14. The molecule has 0 aromatic rings.